The Morgan fingerprint density at radius 2 is 1.53 bits per heavy atom. The number of nitrogens with one attached hydrogen (secondary N) is 2. The van der Waals surface area contributed by atoms with Gasteiger partial charge in [0.05, 0.1) is 6.61 Å². The fourth-order valence-corrected chi connectivity index (χ4v) is 2.88. The molecule has 2 atom stereocenters. The molecule has 1 rings (SSSR count). The van der Waals surface area contributed by atoms with E-state index >= 15 is 0 Å². The summed E-state index contributed by atoms with van der Waals surface area (Å²) >= 11 is 0. The number of anilines is 1. The van der Waals surface area contributed by atoms with E-state index in [9.17, 15) is 19.2 Å². The van der Waals surface area contributed by atoms with Gasteiger partial charge in [0, 0.05) is 5.69 Å². The minimum Gasteiger partial charge on any atom is -0.464 e. The average molecular weight is 478 g/mol. The van der Waals surface area contributed by atoms with Gasteiger partial charge in [-0.15, -0.1) is 0 Å². The van der Waals surface area contributed by atoms with Gasteiger partial charge in [0.25, 0.3) is 0 Å². The fraction of sp³-hybridized carbons (Fsp3) is 0.600. The second kappa shape index (κ2) is 13.0. The second-order valence-corrected chi connectivity index (χ2v) is 9.94. The van der Waals surface area contributed by atoms with Crippen molar-refractivity contribution in [1.29, 1.82) is 0 Å². The molecule has 0 spiro atoms. The second-order valence-electron chi connectivity index (χ2n) is 9.94. The van der Waals surface area contributed by atoms with Crippen molar-refractivity contribution in [3.8, 4) is 0 Å². The van der Waals surface area contributed by atoms with E-state index < -0.39 is 41.6 Å². The molecule has 0 unspecified atom stereocenters. The van der Waals surface area contributed by atoms with Crippen LogP contribution in [0.4, 0.5) is 10.5 Å². The fourth-order valence-electron chi connectivity index (χ4n) is 2.88. The van der Waals surface area contributed by atoms with Crippen molar-refractivity contribution in [2.45, 2.75) is 73.1 Å². The topological polar surface area (TPSA) is 114 Å². The minimum atomic E-state index is -0.934. The molecule has 0 bridgehead atoms. The van der Waals surface area contributed by atoms with Gasteiger partial charge in [-0.2, -0.15) is 0 Å². The van der Waals surface area contributed by atoms with E-state index in [2.05, 4.69) is 10.6 Å². The van der Waals surface area contributed by atoms with E-state index in [0.717, 1.165) is 0 Å². The molecule has 9 nitrogen and oxygen atoms in total. The SMILES string of the molecule is CC(C)COC(=O)[C@H](C)NC(=O)CN(C(=O)[C@@H](NC(=O)OC(C)(C)C)C(C)C)c1ccccc1. The molecule has 0 aromatic heterocycles. The number of hydrogen-bond acceptors (Lipinski definition) is 6. The van der Waals surface area contributed by atoms with Crippen molar-refractivity contribution in [3.63, 3.8) is 0 Å². The monoisotopic (exact) mass is 477 g/mol. The van der Waals surface area contributed by atoms with Gasteiger partial charge >= 0.3 is 12.1 Å². The van der Waals surface area contributed by atoms with Crippen LogP contribution in [0.25, 0.3) is 0 Å². The van der Waals surface area contributed by atoms with Crippen LogP contribution in [-0.4, -0.2) is 54.7 Å². The molecule has 3 amide bonds. The summed E-state index contributed by atoms with van der Waals surface area (Å²) in [5.41, 5.74) is -0.247. The van der Waals surface area contributed by atoms with Gasteiger partial charge in [0.15, 0.2) is 0 Å². The molecule has 0 radical (unpaired) electrons. The van der Waals surface area contributed by atoms with Crippen LogP contribution in [-0.2, 0) is 23.9 Å². The number of hydrogen-bond donors (Lipinski definition) is 2. The maximum Gasteiger partial charge on any atom is 0.408 e. The summed E-state index contributed by atoms with van der Waals surface area (Å²) in [6, 6.07) is 6.84. The van der Waals surface area contributed by atoms with Gasteiger partial charge in [0.1, 0.15) is 24.2 Å². The first-order valence-electron chi connectivity index (χ1n) is 11.5. The lowest BCUT2D eigenvalue weighted by atomic mass is 10.0. The number of ether oxygens (including phenoxy) is 2. The number of rotatable bonds is 10. The Hall–Kier alpha value is -3.10. The van der Waals surface area contributed by atoms with Crippen LogP contribution in [0.3, 0.4) is 0 Å². The zero-order chi connectivity index (χ0) is 26.1. The van der Waals surface area contributed by atoms with Crippen molar-refractivity contribution in [3.05, 3.63) is 30.3 Å². The predicted molar refractivity (Wildman–Crippen MR) is 130 cm³/mol. The number of esters is 1. The first-order valence-corrected chi connectivity index (χ1v) is 11.5. The molecule has 0 aliphatic heterocycles. The lowest BCUT2D eigenvalue weighted by Crippen LogP contribution is -2.55. The Morgan fingerprint density at radius 3 is 2.03 bits per heavy atom. The molecule has 34 heavy (non-hydrogen) atoms. The Balaban J connectivity index is 3.03. The normalized spacial score (nSPS) is 13.1. The molecule has 0 saturated carbocycles. The highest BCUT2D eigenvalue weighted by atomic mass is 16.6. The summed E-state index contributed by atoms with van der Waals surface area (Å²) < 4.78 is 10.5. The Labute approximate surface area is 202 Å². The summed E-state index contributed by atoms with van der Waals surface area (Å²) in [6.07, 6.45) is -0.724. The summed E-state index contributed by atoms with van der Waals surface area (Å²) in [4.78, 5) is 52.0. The number of benzene rings is 1. The molecule has 0 aliphatic carbocycles. The molecule has 0 heterocycles. The number of amides is 3. The van der Waals surface area contributed by atoms with Gasteiger partial charge in [-0.1, -0.05) is 45.9 Å². The van der Waals surface area contributed by atoms with Gasteiger partial charge in [0.2, 0.25) is 11.8 Å². The lowest BCUT2D eigenvalue weighted by molar-refractivity contribution is -0.148. The van der Waals surface area contributed by atoms with E-state index in [1.807, 2.05) is 13.8 Å². The number of carbonyl (C=O) groups excluding carboxylic acids is 4. The molecule has 0 fully saturated rings. The van der Waals surface area contributed by atoms with Crippen molar-refractivity contribution in [2.75, 3.05) is 18.1 Å². The number of nitrogens with zero attached hydrogens (tertiary/aromatic N) is 1. The number of alkyl carbamates (subject to hydrolysis) is 1. The van der Waals surface area contributed by atoms with Crippen LogP contribution in [0, 0.1) is 11.8 Å². The summed E-state index contributed by atoms with van der Waals surface area (Å²) in [5, 5.41) is 5.20. The zero-order valence-electron chi connectivity index (χ0n) is 21.5. The lowest BCUT2D eigenvalue weighted by Gasteiger charge is -2.30. The molecule has 2 N–H and O–H groups in total. The van der Waals surface area contributed by atoms with Crippen LogP contribution in [0.2, 0.25) is 0 Å². The van der Waals surface area contributed by atoms with Gasteiger partial charge < -0.3 is 25.0 Å². The average Bonchev–Trinajstić information content (AvgIpc) is 2.72. The summed E-state index contributed by atoms with van der Waals surface area (Å²) in [7, 11) is 0. The standard InChI is InChI=1S/C25H39N3O6/c1-16(2)15-33-23(31)18(5)26-20(29)14-28(19-12-10-9-11-13-19)22(30)21(17(3)4)27-24(32)34-25(6,7)8/h9-13,16-18,21H,14-15H2,1-8H3,(H,26,29)(H,27,32)/t18-,21-/m0/s1. The molecule has 0 saturated heterocycles. The van der Waals surface area contributed by atoms with E-state index in [4.69, 9.17) is 9.47 Å². The first-order chi connectivity index (χ1) is 15.7. The molecule has 1 aromatic carbocycles. The maximum absolute atomic E-state index is 13.5. The van der Waals surface area contributed by atoms with Crippen molar-refractivity contribution in [1.82, 2.24) is 10.6 Å². The highest BCUT2D eigenvalue weighted by Crippen LogP contribution is 2.18. The third-order valence-electron chi connectivity index (χ3n) is 4.53. The van der Waals surface area contributed by atoms with Crippen molar-refractivity contribution in [2.24, 2.45) is 11.8 Å². The minimum absolute atomic E-state index is 0.170. The van der Waals surface area contributed by atoms with Crippen LogP contribution in [0.15, 0.2) is 30.3 Å². The Kier molecular flexibility index (Phi) is 11.0. The van der Waals surface area contributed by atoms with Crippen molar-refractivity contribution >= 4 is 29.6 Å². The smallest absolute Gasteiger partial charge is 0.408 e. The number of para-hydroxylation sites is 1. The van der Waals surface area contributed by atoms with Gasteiger partial charge in [-0.25, -0.2) is 9.59 Å². The van der Waals surface area contributed by atoms with E-state index in [0.29, 0.717) is 5.69 Å². The maximum atomic E-state index is 13.5. The third-order valence-corrected chi connectivity index (χ3v) is 4.53. The molecule has 190 valence electrons. The first kappa shape index (κ1) is 28.9. The summed E-state index contributed by atoms with van der Waals surface area (Å²) in [6.45, 7) is 14.0. The van der Waals surface area contributed by atoms with Crippen molar-refractivity contribution < 1.29 is 28.7 Å². The molecule has 1 aromatic rings. The van der Waals surface area contributed by atoms with E-state index in [1.54, 1.807) is 65.0 Å². The highest BCUT2D eigenvalue weighted by molar-refractivity contribution is 6.03. The Morgan fingerprint density at radius 1 is 0.941 bits per heavy atom. The van der Waals surface area contributed by atoms with Crippen LogP contribution < -0.4 is 15.5 Å². The highest BCUT2D eigenvalue weighted by Gasteiger charge is 2.32. The Bertz CT molecular complexity index is 833. The van der Waals surface area contributed by atoms with Crippen LogP contribution in [0.5, 0.6) is 0 Å². The summed E-state index contributed by atoms with van der Waals surface area (Å²) in [5.74, 6) is -1.67. The van der Waals surface area contributed by atoms with Gasteiger partial charge in [-0.3, -0.25) is 9.59 Å². The van der Waals surface area contributed by atoms with Crippen LogP contribution >= 0.6 is 0 Å². The van der Waals surface area contributed by atoms with E-state index in [-0.39, 0.29) is 25.0 Å². The molecular weight excluding hydrogens is 438 g/mol. The number of carbonyl (C=O) groups is 4. The predicted octanol–water partition coefficient (Wildman–Crippen LogP) is 3.27. The molecule has 0 aliphatic rings. The van der Waals surface area contributed by atoms with Crippen LogP contribution in [0.1, 0.15) is 55.4 Å². The van der Waals surface area contributed by atoms with E-state index in [1.165, 1.54) is 11.8 Å². The molecular formula is C25H39N3O6. The van der Waals surface area contributed by atoms with Gasteiger partial charge in [-0.05, 0) is 51.7 Å². The molecule has 9 heteroatoms. The quantitative estimate of drug-likeness (QED) is 0.500. The zero-order valence-corrected chi connectivity index (χ0v) is 21.5. The largest absolute Gasteiger partial charge is 0.464 e. The third kappa shape index (κ3) is 10.2.